The van der Waals surface area contributed by atoms with Crippen LogP contribution in [0.25, 0.3) is 0 Å². The summed E-state index contributed by atoms with van der Waals surface area (Å²) in [5, 5.41) is 4.45. The van der Waals surface area contributed by atoms with Crippen LogP contribution in [0.15, 0.2) is 42.5 Å². The number of carbonyl (C=O) groups is 2. The average Bonchev–Trinajstić information content (AvgIpc) is 3.17. The Bertz CT molecular complexity index is 893. The summed E-state index contributed by atoms with van der Waals surface area (Å²) in [5.41, 5.74) is -2.07. The Kier molecular flexibility index (Phi) is 5.64. The van der Waals surface area contributed by atoms with E-state index in [1.165, 1.54) is 24.3 Å². The summed E-state index contributed by atoms with van der Waals surface area (Å²) in [6.45, 7) is 0.380. The molecule has 148 valence electrons. The summed E-state index contributed by atoms with van der Waals surface area (Å²) < 4.78 is 59.1. The van der Waals surface area contributed by atoms with E-state index in [-0.39, 0.29) is 11.3 Å². The monoisotopic (exact) mass is 396 g/mol. The van der Waals surface area contributed by atoms with Gasteiger partial charge in [-0.2, -0.15) is 13.2 Å². The molecule has 0 bridgehead atoms. The Morgan fingerprint density at radius 2 is 1.82 bits per heavy atom. The third-order valence-corrected chi connectivity index (χ3v) is 4.18. The minimum Gasteiger partial charge on any atom is -0.368 e. The van der Waals surface area contributed by atoms with Gasteiger partial charge in [0.15, 0.2) is 0 Å². The van der Waals surface area contributed by atoms with E-state index in [2.05, 4.69) is 10.6 Å². The van der Waals surface area contributed by atoms with Gasteiger partial charge in [0.05, 0.1) is 16.8 Å². The van der Waals surface area contributed by atoms with Crippen molar-refractivity contribution in [3.05, 3.63) is 59.4 Å². The number of amides is 2. The highest BCUT2D eigenvalue weighted by molar-refractivity contribution is 6.04. The largest absolute Gasteiger partial charge is 0.418 e. The first kappa shape index (κ1) is 19.8. The van der Waals surface area contributed by atoms with Crippen LogP contribution in [0, 0.1) is 5.82 Å². The zero-order valence-corrected chi connectivity index (χ0v) is 14.5. The summed E-state index contributed by atoms with van der Waals surface area (Å²) in [4.78, 5) is 24.2. The third kappa shape index (κ3) is 4.48. The molecule has 1 fully saturated rings. The van der Waals surface area contributed by atoms with Gasteiger partial charge in [0, 0.05) is 12.3 Å². The van der Waals surface area contributed by atoms with E-state index in [0.29, 0.717) is 25.5 Å². The predicted molar refractivity (Wildman–Crippen MR) is 93.4 cm³/mol. The van der Waals surface area contributed by atoms with Gasteiger partial charge in [0.25, 0.3) is 11.8 Å². The number of hydrogen-bond acceptors (Lipinski definition) is 3. The van der Waals surface area contributed by atoms with Gasteiger partial charge in [0.2, 0.25) is 0 Å². The maximum absolute atomic E-state index is 13.7. The molecule has 1 heterocycles. The normalized spacial score (nSPS) is 16.6. The van der Waals surface area contributed by atoms with Gasteiger partial charge in [-0.25, -0.2) is 4.39 Å². The molecular formula is C19H16F4N2O3. The van der Waals surface area contributed by atoms with Gasteiger partial charge in [0.1, 0.15) is 11.9 Å². The van der Waals surface area contributed by atoms with Gasteiger partial charge >= 0.3 is 6.18 Å². The molecule has 1 atom stereocenters. The van der Waals surface area contributed by atoms with Crippen molar-refractivity contribution in [2.45, 2.75) is 25.1 Å². The molecule has 0 radical (unpaired) electrons. The Hall–Kier alpha value is -2.94. The molecule has 2 aromatic carbocycles. The lowest BCUT2D eigenvalue weighted by Crippen LogP contribution is -2.28. The minimum absolute atomic E-state index is 0.185. The standard InChI is InChI=1S/C19H16F4N2O3/c20-14-5-2-1-4-12(14)17(26)24-11-7-8-15(13(10-11)19(21,22)23)25-18(27)16-6-3-9-28-16/h1-2,4-5,7-8,10,16H,3,6,9H2,(H,24,26)(H,25,27). The van der Waals surface area contributed by atoms with Gasteiger partial charge in [-0.1, -0.05) is 12.1 Å². The SMILES string of the molecule is O=C(Nc1ccc(NC(=O)C2CCCO2)c(C(F)(F)F)c1)c1ccccc1F. The number of hydrogen-bond donors (Lipinski definition) is 2. The Morgan fingerprint density at radius 3 is 2.46 bits per heavy atom. The fourth-order valence-corrected chi connectivity index (χ4v) is 2.81. The third-order valence-electron chi connectivity index (χ3n) is 4.18. The van der Waals surface area contributed by atoms with Crippen molar-refractivity contribution in [2.75, 3.05) is 17.2 Å². The lowest BCUT2D eigenvalue weighted by Gasteiger charge is -2.17. The molecule has 0 aliphatic carbocycles. The summed E-state index contributed by atoms with van der Waals surface area (Å²) in [7, 11) is 0. The topological polar surface area (TPSA) is 67.4 Å². The maximum atomic E-state index is 13.7. The Labute approximate surface area is 157 Å². The van der Waals surface area contributed by atoms with Crippen LogP contribution in [0.3, 0.4) is 0 Å². The molecule has 0 aromatic heterocycles. The summed E-state index contributed by atoms with van der Waals surface area (Å²) >= 11 is 0. The fourth-order valence-electron chi connectivity index (χ4n) is 2.81. The number of rotatable bonds is 4. The van der Waals surface area contributed by atoms with Crippen LogP contribution in [0.1, 0.15) is 28.8 Å². The number of benzene rings is 2. The fraction of sp³-hybridized carbons (Fsp3) is 0.263. The van der Waals surface area contributed by atoms with Gasteiger partial charge in [-0.05, 0) is 43.2 Å². The summed E-state index contributed by atoms with van der Waals surface area (Å²) in [6.07, 6.45) is -4.48. The van der Waals surface area contributed by atoms with Crippen LogP contribution in [0.2, 0.25) is 0 Å². The molecule has 9 heteroatoms. The lowest BCUT2D eigenvalue weighted by molar-refractivity contribution is -0.137. The maximum Gasteiger partial charge on any atom is 0.418 e. The quantitative estimate of drug-likeness (QED) is 0.761. The molecule has 5 nitrogen and oxygen atoms in total. The molecule has 28 heavy (non-hydrogen) atoms. The molecule has 1 aliphatic heterocycles. The zero-order chi connectivity index (χ0) is 20.3. The van der Waals surface area contributed by atoms with E-state index in [9.17, 15) is 27.2 Å². The first-order valence-electron chi connectivity index (χ1n) is 8.45. The number of halogens is 4. The first-order chi connectivity index (χ1) is 13.3. The molecule has 2 N–H and O–H groups in total. The number of anilines is 2. The van der Waals surface area contributed by atoms with Crippen LogP contribution in [-0.2, 0) is 15.7 Å². The van der Waals surface area contributed by atoms with Crippen LogP contribution < -0.4 is 10.6 Å². The Morgan fingerprint density at radius 1 is 1.07 bits per heavy atom. The van der Waals surface area contributed by atoms with Crippen molar-refractivity contribution < 1.29 is 31.9 Å². The number of alkyl halides is 3. The number of ether oxygens (including phenoxy) is 1. The summed E-state index contributed by atoms with van der Waals surface area (Å²) in [6, 6.07) is 8.02. The number of carbonyl (C=O) groups excluding carboxylic acids is 2. The highest BCUT2D eigenvalue weighted by Crippen LogP contribution is 2.37. The summed E-state index contributed by atoms with van der Waals surface area (Å²) in [5.74, 6) is -2.34. The average molecular weight is 396 g/mol. The molecule has 3 rings (SSSR count). The van der Waals surface area contributed by atoms with E-state index in [1.54, 1.807) is 0 Å². The minimum atomic E-state index is -4.78. The molecule has 2 aromatic rings. The van der Waals surface area contributed by atoms with Crippen LogP contribution in [0.4, 0.5) is 28.9 Å². The van der Waals surface area contributed by atoms with E-state index < -0.39 is 41.2 Å². The highest BCUT2D eigenvalue weighted by Gasteiger charge is 2.35. The van der Waals surface area contributed by atoms with E-state index in [1.807, 2.05) is 0 Å². The molecule has 2 amide bonds. The lowest BCUT2D eigenvalue weighted by atomic mass is 10.1. The second kappa shape index (κ2) is 7.97. The van der Waals surface area contributed by atoms with Crippen LogP contribution >= 0.6 is 0 Å². The van der Waals surface area contributed by atoms with Gasteiger partial charge in [-0.3, -0.25) is 9.59 Å². The van der Waals surface area contributed by atoms with Gasteiger partial charge in [-0.15, -0.1) is 0 Å². The predicted octanol–water partition coefficient (Wildman–Crippen LogP) is 4.21. The second-order valence-corrected chi connectivity index (χ2v) is 6.18. The highest BCUT2D eigenvalue weighted by atomic mass is 19.4. The van der Waals surface area contributed by atoms with Crippen molar-refractivity contribution in [3.63, 3.8) is 0 Å². The second-order valence-electron chi connectivity index (χ2n) is 6.18. The molecule has 1 saturated heterocycles. The van der Waals surface area contributed by atoms with E-state index >= 15 is 0 Å². The smallest absolute Gasteiger partial charge is 0.368 e. The Balaban J connectivity index is 1.83. The molecule has 0 saturated carbocycles. The molecule has 1 unspecified atom stereocenters. The van der Waals surface area contributed by atoms with Crippen LogP contribution in [-0.4, -0.2) is 24.5 Å². The molecule has 1 aliphatic rings. The number of nitrogens with one attached hydrogen (secondary N) is 2. The van der Waals surface area contributed by atoms with Crippen molar-refractivity contribution in [1.82, 2.24) is 0 Å². The van der Waals surface area contributed by atoms with Crippen LogP contribution in [0.5, 0.6) is 0 Å². The van der Waals surface area contributed by atoms with Crippen molar-refractivity contribution in [3.8, 4) is 0 Å². The van der Waals surface area contributed by atoms with E-state index in [4.69, 9.17) is 4.74 Å². The van der Waals surface area contributed by atoms with Gasteiger partial charge < -0.3 is 15.4 Å². The first-order valence-corrected chi connectivity index (χ1v) is 8.45. The molecule has 0 spiro atoms. The van der Waals surface area contributed by atoms with E-state index in [0.717, 1.165) is 12.1 Å². The van der Waals surface area contributed by atoms with Crippen molar-refractivity contribution in [1.29, 1.82) is 0 Å². The van der Waals surface area contributed by atoms with Crippen molar-refractivity contribution in [2.24, 2.45) is 0 Å². The molecular weight excluding hydrogens is 380 g/mol. The zero-order valence-electron chi connectivity index (χ0n) is 14.5. The van der Waals surface area contributed by atoms with Crippen molar-refractivity contribution >= 4 is 23.2 Å².